The molecular formula is C17H18F3N3O. The molecule has 2 aromatic rings. The zero-order valence-corrected chi connectivity index (χ0v) is 13.0. The first-order valence-electron chi connectivity index (χ1n) is 7.72. The highest BCUT2D eigenvalue weighted by molar-refractivity contribution is 5.65. The van der Waals surface area contributed by atoms with Gasteiger partial charge in [0.2, 0.25) is 0 Å². The van der Waals surface area contributed by atoms with Crippen molar-refractivity contribution < 1.29 is 18.3 Å². The lowest BCUT2D eigenvalue weighted by Crippen LogP contribution is -2.31. The minimum absolute atomic E-state index is 0.136. The van der Waals surface area contributed by atoms with E-state index in [0.29, 0.717) is 12.2 Å². The third-order valence-electron chi connectivity index (χ3n) is 4.10. The van der Waals surface area contributed by atoms with Gasteiger partial charge in [0.1, 0.15) is 0 Å². The number of benzene rings is 1. The van der Waals surface area contributed by atoms with Gasteiger partial charge in [-0.25, -0.2) is 4.68 Å². The molecule has 1 aliphatic heterocycles. The summed E-state index contributed by atoms with van der Waals surface area (Å²) in [6.45, 7) is 2.38. The van der Waals surface area contributed by atoms with Crippen molar-refractivity contribution in [3.63, 3.8) is 0 Å². The van der Waals surface area contributed by atoms with Crippen LogP contribution in [0.15, 0.2) is 42.7 Å². The molecule has 3 rings (SSSR count). The van der Waals surface area contributed by atoms with Gasteiger partial charge >= 0.3 is 6.18 Å². The summed E-state index contributed by atoms with van der Waals surface area (Å²) < 4.78 is 39.9. The normalized spacial score (nSPS) is 16.2. The Labute approximate surface area is 137 Å². The minimum Gasteiger partial charge on any atom is -0.395 e. The Morgan fingerprint density at radius 3 is 2.75 bits per heavy atom. The number of alkyl halides is 3. The quantitative estimate of drug-likeness (QED) is 0.933. The first kappa shape index (κ1) is 16.7. The summed E-state index contributed by atoms with van der Waals surface area (Å²) in [5, 5.41) is 13.1. The van der Waals surface area contributed by atoms with E-state index in [0.717, 1.165) is 42.8 Å². The van der Waals surface area contributed by atoms with Crippen molar-refractivity contribution in [2.75, 3.05) is 26.2 Å². The average Bonchev–Trinajstić information content (AvgIpc) is 3.05. The topological polar surface area (TPSA) is 41.3 Å². The molecule has 4 nitrogen and oxygen atoms in total. The fourth-order valence-corrected chi connectivity index (χ4v) is 2.77. The lowest BCUT2D eigenvalue weighted by atomic mass is 10.0. The van der Waals surface area contributed by atoms with Crippen LogP contribution in [0.1, 0.15) is 17.5 Å². The van der Waals surface area contributed by atoms with E-state index in [9.17, 15) is 13.2 Å². The SMILES string of the molecule is OCCN1CC=C(c2cnn(-c3cccc(C(F)(F)F)c3)c2)CC1. The maximum atomic E-state index is 12.8. The van der Waals surface area contributed by atoms with Crippen molar-refractivity contribution >= 4 is 5.57 Å². The van der Waals surface area contributed by atoms with Gasteiger partial charge in [0.25, 0.3) is 0 Å². The molecule has 1 aromatic heterocycles. The van der Waals surface area contributed by atoms with E-state index in [4.69, 9.17) is 5.11 Å². The summed E-state index contributed by atoms with van der Waals surface area (Å²) in [6, 6.07) is 5.12. The first-order chi connectivity index (χ1) is 11.5. The van der Waals surface area contributed by atoms with E-state index in [2.05, 4.69) is 16.1 Å². The van der Waals surface area contributed by atoms with Crippen molar-refractivity contribution in [2.24, 2.45) is 0 Å². The molecule has 1 N–H and O–H groups in total. The van der Waals surface area contributed by atoms with E-state index >= 15 is 0 Å². The zero-order chi connectivity index (χ0) is 17.2. The Morgan fingerprint density at radius 2 is 2.08 bits per heavy atom. The second-order valence-corrected chi connectivity index (χ2v) is 5.73. The van der Waals surface area contributed by atoms with Gasteiger partial charge in [-0.1, -0.05) is 12.1 Å². The van der Waals surface area contributed by atoms with Gasteiger partial charge in [-0.15, -0.1) is 0 Å². The zero-order valence-electron chi connectivity index (χ0n) is 13.0. The van der Waals surface area contributed by atoms with Crippen LogP contribution < -0.4 is 0 Å². The molecule has 0 radical (unpaired) electrons. The molecule has 0 saturated carbocycles. The molecule has 0 atom stereocenters. The van der Waals surface area contributed by atoms with Crippen LogP contribution in [0.5, 0.6) is 0 Å². The van der Waals surface area contributed by atoms with Gasteiger partial charge in [0, 0.05) is 31.4 Å². The number of nitrogens with zero attached hydrogens (tertiary/aromatic N) is 3. The molecule has 0 spiro atoms. The molecule has 0 saturated heterocycles. The summed E-state index contributed by atoms with van der Waals surface area (Å²) in [4.78, 5) is 2.14. The molecular weight excluding hydrogens is 319 g/mol. The van der Waals surface area contributed by atoms with Crippen LogP contribution in [-0.2, 0) is 6.18 Å². The van der Waals surface area contributed by atoms with Crippen molar-refractivity contribution in [1.29, 1.82) is 0 Å². The number of halogens is 3. The molecule has 24 heavy (non-hydrogen) atoms. The fraction of sp³-hybridized carbons (Fsp3) is 0.353. The van der Waals surface area contributed by atoms with Crippen LogP contribution >= 0.6 is 0 Å². The number of aliphatic hydroxyl groups excluding tert-OH is 1. The second kappa shape index (κ2) is 6.78. The minimum atomic E-state index is -4.37. The van der Waals surface area contributed by atoms with Crippen molar-refractivity contribution in [2.45, 2.75) is 12.6 Å². The Bertz CT molecular complexity index is 737. The third-order valence-corrected chi connectivity index (χ3v) is 4.10. The molecule has 1 aliphatic rings. The summed E-state index contributed by atoms with van der Waals surface area (Å²) >= 11 is 0. The van der Waals surface area contributed by atoms with Gasteiger partial charge in [0.15, 0.2) is 0 Å². The summed E-state index contributed by atoms with van der Waals surface area (Å²) in [5.41, 5.74) is 1.74. The van der Waals surface area contributed by atoms with E-state index < -0.39 is 11.7 Å². The Balaban J connectivity index is 1.79. The lowest BCUT2D eigenvalue weighted by Gasteiger charge is -2.24. The predicted octanol–water partition coefficient (Wildman–Crippen LogP) is 2.97. The standard InChI is InChI=1S/C17H18F3N3O/c18-17(19,20)15-2-1-3-16(10-15)23-12-14(11-21-23)13-4-6-22(7-5-13)8-9-24/h1-4,10-12,24H,5-9H2. The average molecular weight is 337 g/mol. The Morgan fingerprint density at radius 1 is 1.25 bits per heavy atom. The molecule has 2 heterocycles. The second-order valence-electron chi connectivity index (χ2n) is 5.73. The summed E-state index contributed by atoms with van der Waals surface area (Å²) in [6.07, 6.45) is 1.96. The molecule has 0 bridgehead atoms. The van der Waals surface area contributed by atoms with Crippen LogP contribution in [-0.4, -0.2) is 46.0 Å². The monoisotopic (exact) mass is 337 g/mol. The van der Waals surface area contributed by atoms with Crippen LogP contribution in [0.25, 0.3) is 11.3 Å². The summed E-state index contributed by atoms with van der Waals surface area (Å²) in [5.74, 6) is 0. The number of β-amino-alcohol motifs (C(OH)–C–C–N with tert-alkyl or cyclic N) is 1. The molecule has 0 amide bonds. The van der Waals surface area contributed by atoms with Gasteiger partial charge in [-0.2, -0.15) is 18.3 Å². The van der Waals surface area contributed by atoms with E-state index in [1.165, 1.54) is 10.7 Å². The largest absolute Gasteiger partial charge is 0.416 e. The molecule has 0 aliphatic carbocycles. The first-order valence-corrected chi connectivity index (χ1v) is 7.72. The van der Waals surface area contributed by atoms with Crippen LogP contribution in [0, 0.1) is 0 Å². The highest BCUT2D eigenvalue weighted by Crippen LogP contribution is 2.30. The number of aromatic nitrogens is 2. The van der Waals surface area contributed by atoms with Gasteiger partial charge < -0.3 is 5.11 Å². The molecule has 0 unspecified atom stereocenters. The summed E-state index contributed by atoms with van der Waals surface area (Å²) in [7, 11) is 0. The molecule has 0 fully saturated rings. The van der Waals surface area contributed by atoms with Crippen molar-refractivity contribution in [3.8, 4) is 5.69 Å². The van der Waals surface area contributed by atoms with Crippen LogP contribution in [0.2, 0.25) is 0 Å². The number of hydrogen-bond acceptors (Lipinski definition) is 3. The molecule has 128 valence electrons. The van der Waals surface area contributed by atoms with Crippen LogP contribution in [0.3, 0.4) is 0 Å². The third kappa shape index (κ3) is 3.68. The highest BCUT2D eigenvalue weighted by atomic mass is 19.4. The van der Waals surface area contributed by atoms with Gasteiger partial charge in [-0.05, 0) is 30.2 Å². The molecule has 1 aromatic carbocycles. The smallest absolute Gasteiger partial charge is 0.395 e. The van der Waals surface area contributed by atoms with Crippen molar-refractivity contribution in [3.05, 3.63) is 53.9 Å². The number of rotatable bonds is 4. The van der Waals surface area contributed by atoms with Crippen molar-refractivity contribution in [1.82, 2.24) is 14.7 Å². The van der Waals surface area contributed by atoms with E-state index in [-0.39, 0.29) is 6.61 Å². The van der Waals surface area contributed by atoms with Gasteiger partial charge in [-0.3, -0.25) is 4.90 Å². The predicted molar refractivity (Wildman–Crippen MR) is 84.7 cm³/mol. The van der Waals surface area contributed by atoms with E-state index in [1.807, 2.05) is 0 Å². The molecule has 7 heteroatoms. The fourth-order valence-electron chi connectivity index (χ4n) is 2.77. The number of aliphatic hydroxyl groups is 1. The van der Waals surface area contributed by atoms with E-state index in [1.54, 1.807) is 18.5 Å². The maximum absolute atomic E-state index is 12.8. The number of hydrogen-bond donors (Lipinski definition) is 1. The Kier molecular flexibility index (Phi) is 4.73. The highest BCUT2D eigenvalue weighted by Gasteiger charge is 2.30. The Hall–Kier alpha value is -2.12. The maximum Gasteiger partial charge on any atom is 0.416 e. The van der Waals surface area contributed by atoms with Gasteiger partial charge in [0.05, 0.1) is 24.1 Å². The lowest BCUT2D eigenvalue weighted by molar-refractivity contribution is -0.137. The van der Waals surface area contributed by atoms with Crippen LogP contribution in [0.4, 0.5) is 13.2 Å².